The molecule has 13 aromatic rings. The Balaban J connectivity index is 0.801. The Bertz CT molecular complexity index is 4120. The van der Waals surface area contributed by atoms with Crippen LogP contribution < -0.4 is 0 Å². The maximum Gasteiger partial charge on any atom is 0.160 e. The molecule has 354 valence electrons. The first-order valence-electron chi connectivity index (χ1n) is 25.5. The first kappa shape index (κ1) is 43.4. The maximum atomic E-state index is 5.28. The Kier molecular flexibility index (Phi) is 10.2. The van der Waals surface area contributed by atoms with E-state index in [1.54, 1.807) is 0 Å². The summed E-state index contributed by atoms with van der Waals surface area (Å²) in [5.74, 6) is 1.42. The number of nitrogens with zero attached hydrogens (tertiary/aromatic N) is 8. The number of hydrogen-bond donors (Lipinski definition) is 0. The Labute approximate surface area is 438 Å². The van der Waals surface area contributed by atoms with Crippen LogP contribution in [0.15, 0.2) is 243 Å². The van der Waals surface area contributed by atoms with E-state index in [2.05, 4.69) is 156 Å². The van der Waals surface area contributed by atoms with Crippen LogP contribution in [0.4, 0.5) is 0 Å². The van der Waals surface area contributed by atoms with Gasteiger partial charge in [0.15, 0.2) is 11.6 Å². The van der Waals surface area contributed by atoms with Crippen molar-refractivity contribution in [1.29, 1.82) is 0 Å². The first-order valence-corrected chi connectivity index (χ1v) is 25.5. The standard InChI is InChI=1S/C68H42N8/c1-3-13-45(14-4-1)67-73-59(41-23-27-43(28-24-41)63-39-69-55-19-9-11-21-57(55)71-63)37-61(75-67)47-31-33-51-53(35-47)65-49-17-7-8-18-50(49)66(51)54-36-48(32-34-52(54)65)62-38-60(74-68(76-62)46-15-5-2-6-16-46)42-25-29-44(30-26-42)64-40-70-56-20-10-12-22-58(56)72-64/h1-40,65-66H. The molecule has 4 aromatic heterocycles. The first-order chi connectivity index (χ1) is 37.6. The van der Waals surface area contributed by atoms with Crippen LogP contribution in [0.5, 0.6) is 0 Å². The van der Waals surface area contributed by atoms with E-state index in [9.17, 15) is 0 Å². The summed E-state index contributed by atoms with van der Waals surface area (Å²) in [7, 11) is 0. The summed E-state index contributed by atoms with van der Waals surface area (Å²) >= 11 is 0. The predicted molar refractivity (Wildman–Crippen MR) is 302 cm³/mol. The second-order valence-corrected chi connectivity index (χ2v) is 19.5. The zero-order valence-electron chi connectivity index (χ0n) is 40.8. The molecule has 3 aliphatic rings. The molecule has 2 bridgehead atoms. The Morgan fingerprint density at radius 3 is 0.934 bits per heavy atom. The molecule has 8 nitrogen and oxygen atoms in total. The van der Waals surface area contributed by atoms with Gasteiger partial charge >= 0.3 is 0 Å². The fourth-order valence-corrected chi connectivity index (χ4v) is 11.3. The molecule has 76 heavy (non-hydrogen) atoms. The molecule has 4 heterocycles. The molecule has 0 N–H and O–H groups in total. The molecule has 0 aliphatic heterocycles. The van der Waals surface area contributed by atoms with Gasteiger partial charge in [-0.3, -0.25) is 9.97 Å². The van der Waals surface area contributed by atoms with Crippen LogP contribution in [-0.4, -0.2) is 39.9 Å². The highest BCUT2D eigenvalue weighted by molar-refractivity contribution is 5.82. The molecule has 9 aromatic carbocycles. The highest BCUT2D eigenvalue weighted by atomic mass is 14.9. The Morgan fingerprint density at radius 2 is 0.526 bits per heavy atom. The average molecular weight is 971 g/mol. The third-order valence-corrected chi connectivity index (χ3v) is 15.0. The summed E-state index contributed by atoms with van der Waals surface area (Å²) in [6, 6.07) is 80.4. The monoisotopic (exact) mass is 970 g/mol. The molecule has 0 fully saturated rings. The number of aromatic nitrogens is 8. The molecule has 0 saturated carbocycles. The molecule has 2 atom stereocenters. The highest BCUT2D eigenvalue weighted by Crippen LogP contribution is 2.57. The molecular formula is C68H42N8. The largest absolute Gasteiger partial charge is 0.252 e. The predicted octanol–water partition coefficient (Wildman–Crippen LogP) is 15.5. The minimum Gasteiger partial charge on any atom is -0.252 e. The minimum atomic E-state index is 0.0347. The van der Waals surface area contributed by atoms with Gasteiger partial charge in [-0.25, -0.2) is 29.9 Å². The van der Waals surface area contributed by atoms with Gasteiger partial charge in [0.2, 0.25) is 0 Å². The van der Waals surface area contributed by atoms with Gasteiger partial charge in [0.1, 0.15) is 0 Å². The highest BCUT2D eigenvalue weighted by Gasteiger charge is 2.41. The Hall–Kier alpha value is -10.2. The van der Waals surface area contributed by atoms with Crippen LogP contribution in [0, 0.1) is 0 Å². The van der Waals surface area contributed by atoms with Crippen LogP contribution in [0.1, 0.15) is 45.2 Å². The van der Waals surface area contributed by atoms with Gasteiger partial charge in [-0.15, -0.1) is 0 Å². The molecule has 8 heteroatoms. The molecule has 16 rings (SSSR count). The smallest absolute Gasteiger partial charge is 0.160 e. The third-order valence-electron chi connectivity index (χ3n) is 15.0. The molecular weight excluding hydrogens is 929 g/mol. The van der Waals surface area contributed by atoms with Crippen molar-refractivity contribution in [1.82, 2.24) is 39.9 Å². The van der Waals surface area contributed by atoms with E-state index >= 15 is 0 Å². The van der Waals surface area contributed by atoms with Gasteiger partial charge in [-0.2, -0.15) is 0 Å². The molecule has 0 saturated heterocycles. The lowest BCUT2D eigenvalue weighted by molar-refractivity contribution is 0.755. The zero-order valence-corrected chi connectivity index (χ0v) is 40.8. The van der Waals surface area contributed by atoms with Crippen molar-refractivity contribution in [3.63, 3.8) is 0 Å². The van der Waals surface area contributed by atoms with E-state index < -0.39 is 0 Å². The van der Waals surface area contributed by atoms with Crippen LogP contribution in [0.3, 0.4) is 0 Å². The topological polar surface area (TPSA) is 103 Å². The van der Waals surface area contributed by atoms with Crippen LogP contribution in [0.2, 0.25) is 0 Å². The van der Waals surface area contributed by atoms with E-state index in [1.165, 1.54) is 33.4 Å². The zero-order chi connectivity index (χ0) is 50.1. The second-order valence-electron chi connectivity index (χ2n) is 19.5. The third kappa shape index (κ3) is 7.54. The van der Waals surface area contributed by atoms with Crippen LogP contribution in [-0.2, 0) is 0 Å². The van der Waals surface area contributed by atoms with Gasteiger partial charge in [0.25, 0.3) is 0 Å². The van der Waals surface area contributed by atoms with Crippen molar-refractivity contribution >= 4 is 22.1 Å². The van der Waals surface area contributed by atoms with Crippen molar-refractivity contribution in [3.05, 3.63) is 276 Å². The van der Waals surface area contributed by atoms with Crippen LogP contribution in [0.25, 0.3) is 112 Å². The SMILES string of the molecule is c1ccc(-c2nc(-c3ccc(-c4cnc5ccccc5n4)cc3)cc(-c3ccc4c(c3)C3c5ccccc5C4c4cc(-c5cc(-c6ccc(-c7cnc8ccccc8n7)cc6)nc(-c6ccccc6)n5)ccc43)n2)cc1. The number of hydrogen-bond acceptors (Lipinski definition) is 8. The van der Waals surface area contributed by atoms with Gasteiger partial charge in [0.05, 0.1) is 68.6 Å². The van der Waals surface area contributed by atoms with Crippen LogP contribution >= 0.6 is 0 Å². The quantitative estimate of drug-likeness (QED) is 0.148. The number of rotatable bonds is 8. The van der Waals surface area contributed by atoms with Crippen molar-refractivity contribution in [3.8, 4) is 90.3 Å². The summed E-state index contributed by atoms with van der Waals surface area (Å²) in [5.41, 5.74) is 24.5. The normalized spacial score (nSPS) is 14.1. The molecule has 0 radical (unpaired) electrons. The number of benzene rings is 9. The summed E-state index contributed by atoms with van der Waals surface area (Å²) in [6.07, 6.45) is 3.68. The number of fused-ring (bicyclic) bond motifs is 2. The molecule has 0 amide bonds. The van der Waals surface area contributed by atoms with E-state index in [-0.39, 0.29) is 11.8 Å². The van der Waals surface area contributed by atoms with Gasteiger partial charge in [-0.05, 0) is 81.9 Å². The summed E-state index contributed by atoms with van der Waals surface area (Å²) in [6.45, 7) is 0. The van der Waals surface area contributed by atoms with Gasteiger partial charge < -0.3 is 0 Å². The van der Waals surface area contributed by atoms with E-state index in [1.807, 2.05) is 97.3 Å². The Morgan fingerprint density at radius 1 is 0.211 bits per heavy atom. The molecule has 3 aliphatic carbocycles. The minimum absolute atomic E-state index is 0.0347. The van der Waals surface area contributed by atoms with Crippen molar-refractivity contribution in [2.75, 3.05) is 0 Å². The lowest BCUT2D eigenvalue weighted by Crippen LogP contribution is -2.27. The fraction of sp³-hybridized carbons (Fsp3) is 0.0294. The lowest BCUT2D eigenvalue weighted by atomic mass is 9.60. The fourth-order valence-electron chi connectivity index (χ4n) is 11.3. The maximum absolute atomic E-state index is 5.28. The van der Waals surface area contributed by atoms with E-state index in [0.29, 0.717) is 11.6 Å². The van der Waals surface area contributed by atoms with E-state index in [0.717, 1.165) is 101 Å². The average Bonchev–Trinajstić information content (AvgIpc) is 3.58. The number of para-hydroxylation sites is 4. The van der Waals surface area contributed by atoms with Gasteiger partial charge in [0, 0.05) is 56.3 Å². The summed E-state index contributed by atoms with van der Waals surface area (Å²) in [4.78, 5) is 40.0. The molecule has 0 spiro atoms. The second kappa shape index (κ2) is 17.8. The van der Waals surface area contributed by atoms with E-state index in [4.69, 9.17) is 29.9 Å². The lowest BCUT2D eigenvalue weighted by Gasteiger charge is -2.42. The van der Waals surface area contributed by atoms with Gasteiger partial charge in [-0.1, -0.05) is 182 Å². The van der Waals surface area contributed by atoms with Crippen molar-refractivity contribution in [2.24, 2.45) is 0 Å². The molecule has 2 unspecified atom stereocenters. The van der Waals surface area contributed by atoms with Crippen molar-refractivity contribution in [2.45, 2.75) is 11.8 Å². The van der Waals surface area contributed by atoms with Crippen molar-refractivity contribution < 1.29 is 0 Å². The summed E-state index contributed by atoms with van der Waals surface area (Å²) < 4.78 is 0. The summed E-state index contributed by atoms with van der Waals surface area (Å²) in [5, 5.41) is 0.